The number of nitrogens with zero attached hydrogens (tertiary/aromatic N) is 1. The van der Waals surface area contributed by atoms with Crippen LogP contribution in [0, 0.1) is 17.5 Å². The number of amides is 2. The first-order valence-electron chi connectivity index (χ1n) is 11.0. The molecule has 0 heterocycles. The Morgan fingerprint density at radius 2 is 1.71 bits per heavy atom. The van der Waals surface area contributed by atoms with Crippen LogP contribution in [-0.2, 0) is 13.2 Å². The summed E-state index contributed by atoms with van der Waals surface area (Å²) in [6, 6.07) is 13.7. The quantitative estimate of drug-likeness (QED) is 0.426. The van der Waals surface area contributed by atoms with E-state index >= 15 is 0 Å². The number of methoxy groups -OCH3 is 1. The Kier molecular flexibility index (Phi) is 8.97. The van der Waals surface area contributed by atoms with Gasteiger partial charge in [-0.1, -0.05) is 18.2 Å². The number of benzene rings is 3. The van der Waals surface area contributed by atoms with Crippen molar-refractivity contribution in [3.63, 3.8) is 0 Å². The molecule has 3 aromatic carbocycles. The van der Waals surface area contributed by atoms with Crippen molar-refractivity contribution in [3.8, 4) is 11.5 Å². The molecule has 3 aromatic rings. The lowest BCUT2D eigenvalue weighted by molar-refractivity contribution is 0.193. The third-order valence-corrected chi connectivity index (χ3v) is 5.40. The van der Waals surface area contributed by atoms with Gasteiger partial charge in [-0.3, -0.25) is 0 Å². The largest absolute Gasteiger partial charge is 0.493 e. The number of halogens is 3. The maximum Gasteiger partial charge on any atom is 0.318 e. The van der Waals surface area contributed by atoms with Crippen molar-refractivity contribution < 1.29 is 27.4 Å². The molecule has 0 fully saturated rings. The van der Waals surface area contributed by atoms with Gasteiger partial charge in [0.25, 0.3) is 0 Å². The lowest BCUT2D eigenvalue weighted by Gasteiger charge is -2.25. The molecule has 0 aliphatic rings. The van der Waals surface area contributed by atoms with Crippen molar-refractivity contribution in [2.75, 3.05) is 20.2 Å². The second-order valence-corrected chi connectivity index (χ2v) is 7.94. The van der Waals surface area contributed by atoms with E-state index in [1.165, 1.54) is 25.3 Å². The Labute approximate surface area is 202 Å². The molecular weight excluding hydrogens is 459 g/mol. The zero-order valence-electron chi connectivity index (χ0n) is 19.6. The molecule has 3 N–H and O–H groups in total. The summed E-state index contributed by atoms with van der Waals surface area (Å²) >= 11 is 0. The molecule has 1 atom stereocenters. The fourth-order valence-electron chi connectivity index (χ4n) is 3.46. The summed E-state index contributed by atoms with van der Waals surface area (Å²) in [4.78, 5) is 14.5. The second kappa shape index (κ2) is 12.1. The van der Waals surface area contributed by atoms with E-state index in [-0.39, 0.29) is 43.2 Å². The number of rotatable bonds is 10. The Bertz CT molecular complexity index is 1140. The fraction of sp³-hybridized carbons (Fsp3) is 0.269. The van der Waals surface area contributed by atoms with Gasteiger partial charge in [-0.25, -0.2) is 18.0 Å². The van der Waals surface area contributed by atoms with E-state index in [0.717, 1.165) is 23.3 Å². The van der Waals surface area contributed by atoms with Crippen LogP contribution in [0.2, 0.25) is 0 Å². The number of nitrogens with two attached hydrogens (primary N) is 1. The van der Waals surface area contributed by atoms with Gasteiger partial charge in [0, 0.05) is 31.3 Å². The highest BCUT2D eigenvalue weighted by molar-refractivity contribution is 5.74. The van der Waals surface area contributed by atoms with Crippen molar-refractivity contribution in [1.29, 1.82) is 0 Å². The normalized spacial score (nSPS) is 11.6. The van der Waals surface area contributed by atoms with E-state index in [1.807, 2.05) is 6.92 Å². The zero-order valence-corrected chi connectivity index (χ0v) is 19.6. The zero-order chi connectivity index (χ0) is 25.4. The highest BCUT2D eigenvalue weighted by Crippen LogP contribution is 2.30. The van der Waals surface area contributed by atoms with Crippen LogP contribution >= 0.6 is 0 Å². The molecule has 0 aromatic heterocycles. The minimum absolute atomic E-state index is 0.106. The summed E-state index contributed by atoms with van der Waals surface area (Å²) in [6.07, 6.45) is 0. The smallest absolute Gasteiger partial charge is 0.318 e. The number of nitrogens with one attached hydrogen (secondary N) is 1. The van der Waals surface area contributed by atoms with Gasteiger partial charge >= 0.3 is 6.03 Å². The van der Waals surface area contributed by atoms with E-state index in [0.29, 0.717) is 18.0 Å². The molecule has 3 rings (SSSR count). The van der Waals surface area contributed by atoms with Crippen LogP contribution in [0.25, 0.3) is 0 Å². The number of carbonyl (C=O) groups is 1. The van der Waals surface area contributed by atoms with Crippen LogP contribution in [0.5, 0.6) is 11.5 Å². The Morgan fingerprint density at radius 1 is 1.00 bits per heavy atom. The average Bonchev–Trinajstić information content (AvgIpc) is 2.84. The highest BCUT2D eigenvalue weighted by Gasteiger charge is 2.18. The molecule has 186 valence electrons. The number of hydrogen-bond donors (Lipinski definition) is 2. The predicted octanol–water partition coefficient (Wildman–Crippen LogP) is 4.92. The fourth-order valence-corrected chi connectivity index (χ4v) is 3.46. The van der Waals surface area contributed by atoms with Gasteiger partial charge < -0.3 is 25.4 Å². The summed E-state index contributed by atoms with van der Waals surface area (Å²) < 4.78 is 51.3. The standard InChI is InChI=1S/C26H28F3N3O3/c1-17(19-4-7-21(27)8-5-19)31-26(33)32(12-11-30)15-18-3-10-24(25(13-18)34-2)35-16-20-6-9-22(28)14-23(20)29/h3-10,13-14,17H,11-12,15-16,30H2,1-2H3,(H,31,33)/t17-/m0/s1. The first-order valence-corrected chi connectivity index (χ1v) is 11.0. The van der Waals surface area contributed by atoms with Gasteiger partial charge in [-0.05, 0) is 54.4 Å². The van der Waals surface area contributed by atoms with Crippen molar-refractivity contribution in [1.82, 2.24) is 10.2 Å². The lowest BCUT2D eigenvalue weighted by Crippen LogP contribution is -2.42. The number of hydrogen-bond acceptors (Lipinski definition) is 4. The summed E-state index contributed by atoms with van der Waals surface area (Å²) in [5.74, 6) is -0.927. The average molecular weight is 488 g/mol. The summed E-state index contributed by atoms with van der Waals surface area (Å²) in [5.41, 5.74) is 7.46. The van der Waals surface area contributed by atoms with Gasteiger partial charge in [0.1, 0.15) is 24.1 Å². The maximum absolute atomic E-state index is 13.9. The van der Waals surface area contributed by atoms with E-state index in [2.05, 4.69) is 5.32 Å². The molecule has 0 saturated heterocycles. The number of urea groups is 1. The van der Waals surface area contributed by atoms with E-state index < -0.39 is 11.6 Å². The molecule has 0 saturated carbocycles. The Morgan fingerprint density at radius 3 is 2.37 bits per heavy atom. The highest BCUT2D eigenvalue weighted by atomic mass is 19.1. The van der Waals surface area contributed by atoms with Crippen LogP contribution in [0.1, 0.15) is 29.7 Å². The van der Waals surface area contributed by atoms with Crippen molar-refractivity contribution >= 4 is 6.03 Å². The molecule has 0 aliphatic heterocycles. The van der Waals surface area contributed by atoms with Crippen molar-refractivity contribution in [2.45, 2.75) is 26.1 Å². The first-order chi connectivity index (χ1) is 16.8. The van der Waals surface area contributed by atoms with Crippen LogP contribution in [0.4, 0.5) is 18.0 Å². The third kappa shape index (κ3) is 7.13. The minimum Gasteiger partial charge on any atom is -0.493 e. The molecule has 6 nitrogen and oxygen atoms in total. The van der Waals surface area contributed by atoms with Crippen molar-refractivity contribution in [2.24, 2.45) is 5.73 Å². The molecule has 35 heavy (non-hydrogen) atoms. The lowest BCUT2D eigenvalue weighted by atomic mass is 10.1. The molecule has 0 spiro atoms. The first kappa shape index (κ1) is 25.9. The predicted molar refractivity (Wildman–Crippen MR) is 126 cm³/mol. The Balaban J connectivity index is 1.67. The van der Waals surface area contributed by atoms with Gasteiger partial charge in [-0.15, -0.1) is 0 Å². The molecule has 0 unspecified atom stereocenters. The third-order valence-electron chi connectivity index (χ3n) is 5.40. The number of ether oxygens (including phenoxy) is 2. The molecular formula is C26H28F3N3O3. The van der Waals surface area contributed by atoms with Gasteiger partial charge in [0.2, 0.25) is 0 Å². The van der Waals surface area contributed by atoms with Crippen LogP contribution in [0.15, 0.2) is 60.7 Å². The summed E-state index contributed by atoms with van der Waals surface area (Å²) in [6.45, 7) is 2.53. The monoisotopic (exact) mass is 487 g/mol. The van der Waals surface area contributed by atoms with Gasteiger partial charge in [0.15, 0.2) is 11.5 Å². The van der Waals surface area contributed by atoms with Crippen LogP contribution < -0.4 is 20.5 Å². The second-order valence-electron chi connectivity index (χ2n) is 7.94. The topological polar surface area (TPSA) is 76.8 Å². The van der Waals surface area contributed by atoms with Crippen LogP contribution in [0.3, 0.4) is 0 Å². The van der Waals surface area contributed by atoms with Crippen LogP contribution in [-0.4, -0.2) is 31.1 Å². The Hall–Kier alpha value is -3.72. The molecule has 0 bridgehead atoms. The molecule has 2 amide bonds. The minimum atomic E-state index is -0.695. The van der Waals surface area contributed by atoms with E-state index in [1.54, 1.807) is 35.2 Å². The SMILES string of the molecule is COc1cc(CN(CCN)C(=O)N[C@@H](C)c2ccc(F)cc2)ccc1OCc1ccc(F)cc1F. The van der Waals surface area contributed by atoms with Gasteiger partial charge in [-0.2, -0.15) is 0 Å². The molecule has 9 heteroatoms. The van der Waals surface area contributed by atoms with Crippen molar-refractivity contribution in [3.05, 3.63) is 94.8 Å². The summed E-state index contributed by atoms with van der Waals surface area (Å²) in [5, 5.41) is 2.90. The van der Waals surface area contributed by atoms with E-state index in [4.69, 9.17) is 15.2 Å². The molecule has 0 radical (unpaired) electrons. The summed E-state index contributed by atoms with van der Waals surface area (Å²) in [7, 11) is 1.47. The molecule has 0 aliphatic carbocycles. The number of carbonyl (C=O) groups excluding carboxylic acids is 1. The maximum atomic E-state index is 13.9. The van der Waals surface area contributed by atoms with E-state index in [9.17, 15) is 18.0 Å². The van der Waals surface area contributed by atoms with Gasteiger partial charge in [0.05, 0.1) is 13.2 Å².